The summed E-state index contributed by atoms with van der Waals surface area (Å²) in [7, 11) is 0. The first-order valence-electron chi connectivity index (χ1n) is 10.1. The molecule has 0 bridgehead atoms. The second-order valence-corrected chi connectivity index (χ2v) is 7.92. The lowest BCUT2D eigenvalue weighted by molar-refractivity contribution is -0.140. The van der Waals surface area contributed by atoms with Crippen molar-refractivity contribution in [1.82, 2.24) is 20.7 Å². The number of nitrogens with one attached hydrogen (secondary N) is 2. The van der Waals surface area contributed by atoms with Crippen LogP contribution in [0.5, 0.6) is 0 Å². The van der Waals surface area contributed by atoms with Crippen molar-refractivity contribution in [1.29, 1.82) is 0 Å². The molecule has 0 saturated carbocycles. The lowest BCUT2D eigenvalue weighted by Crippen LogP contribution is -2.55. The Hall–Kier alpha value is -1.57. The summed E-state index contributed by atoms with van der Waals surface area (Å²) in [4.78, 5) is 17.4. The van der Waals surface area contributed by atoms with E-state index in [-0.39, 0.29) is 30.0 Å². The lowest BCUT2D eigenvalue weighted by atomic mass is 9.84. The maximum Gasteiger partial charge on any atom is 0.239 e. The number of piperidine rings is 2. The van der Waals surface area contributed by atoms with E-state index in [1.807, 2.05) is 4.90 Å². The topological polar surface area (TPSA) is 47.6 Å². The number of likely N-dealkylation sites (tertiary alicyclic amines) is 2. The van der Waals surface area contributed by atoms with Gasteiger partial charge in [-0.05, 0) is 38.4 Å². The number of benzene rings is 1. The smallest absolute Gasteiger partial charge is 0.239 e. The van der Waals surface area contributed by atoms with E-state index in [0.717, 1.165) is 51.4 Å². The van der Waals surface area contributed by atoms with Crippen molar-refractivity contribution in [2.75, 3.05) is 26.2 Å². The van der Waals surface area contributed by atoms with E-state index >= 15 is 0 Å². The highest BCUT2D eigenvalue weighted by Gasteiger charge is 2.43. The number of carbonyl (C=O) groups is 1. The molecule has 0 aromatic heterocycles. The fourth-order valence-corrected chi connectivity index (χ4v) is 4.92. The van der Waals surface area contributed by atoms with Crippen LogP contribution in [0.25, 0.3) is 0 Å². The highest BCUT2D eigenvalue weighted by atomic mass is 19.1. The Morgan fingerprint density at radius 3 is 2.81 bits per heavy atom. The average molecular weight is 378 g/mol. The average Bonchev–Trinajstić information content (AvgIpc) is 3.10. The fraction of sp³-hybridized carbons (Fsp3) is 0.650. The van der Waals surface area contributed by atoms with Crippen LogP contribution in [0.3, 0.4) is 0 Å². The van der Waals surface area contributed by atoms with Crippen LogP contribution < -0.4 is 10.9 Å². The molecule has 1 aromatic rings. The number of likely N-dealkylation sites (N-methyl/N-ethyl adjacent to an activating group) is 1. The first kappa shape index (κ1) is 18.8. The summed E-state index contributed by atoms with van der Waals surface area (Å²) in [5.41, 5.74) is 6.88. The van der Waals surface area contributed by atoms with E-state index in [2.05, 4.69) is 22.7 Å². The van der Waals surface area contributed by atoms with Crippen LogP contribution in [0, 0.1) is 17.6 Å². The molecule has 4 unspecified atom stereocenters. The standard InChI is InChI=1S/C20H28F2N4O/c1-2-25-9-4-3-5-18(25)20(27)26-10-8-17-15(12-26)19(24-23-17)14-7-6-13(21)11-16(14)22/h6-7,11,15,17-19,23-24H,2-5,8-10,12H2,1H3. The van der Waals surface area contributed by atoms with Crippen molar-refractivity contribution in [3.8, 4) is 0 Å². The van der Waals surface area contributed by atoms with Gasteiger partial charge in [0.1, 0.15) is 11.6 Å². The number of rotatable bonds is 3. The van der Waals surface area contributed by atoms with Gasteiger partial charge in [-0.3, -0.25) is 15.1 Å². The summed E-state index contributed by atoms with van der Waals surface area (Å²) in [5, 5.41) is 0. The minimum atomic E-state index is -0.573. The predicted octanol–water partition coefficient (Wildman–Crippen LogP) is 2.21. The van der Waals surface area contributed by atoms with Crippen molar-refractivity contribution in [3.63, 3.8) is 0 Å². The zero-order valence-electron chi connectivity index (χ0n) is 15.8. The predicted molar refractivity (Wildman–Crippen MR) is 98.7 cm³/mol. The Morgan fingerprint density at radius 1 is 1.19 bits per heavy atom. The molecule has 5 nitrogen and oxygen atoms in total. The molecule has 27 heavy (non-hydrogen) atoms. The zero-order chi connectivity index (χ0) is 19.0. The molecule has 4 atom stereocenters. The van der Waals surface area contributed by atoms with Gasteiger partial charge in [0.2, 0.25) is 5.91 Å². The SMILES string of the molecule is CCN1CCCCC1C(=O)N1CCC2NNC(c3ccc(F)cc3F)C2C1. The van der Waals surface area contributed by atoms with Gasteiger partial charge >= 0.3 is 0 Å². The Kier molecular flexibility index (Phi) is 5.43. The Balaban J connectivity index is 1.50. The second-order valence-electron chi connectivity index (χ2n) is 7.92. The van der Waals surface area contributed by atoms with Crippen molar-refractivity contribution in [3.05, 3.63) is 35.4 Å². The molecular weight excluding hydrogens is 350 g/mol. The van der Waals surface area contributed by atoms with E-state index in [9.17, 15) is 13.6 Å². The number of fused-ring (bicyclic) bond motifs is 1. The van der Waals surface area contributed by atoms with Gasteiger partial charge < -0.3 is 4.90 Å². The first-order chi connectivity index (χ1) is 13.1. The van der Waals surface area contributed by atoms with Gasteiger partial charge in [-0.2, -0.15) is 0 Å². The molecule has 3 aliphatic heterocycles. The summed E-state index contributed by atoms with van der Waals surface area (Å²) in [6.45, 7) is 5.30. The van der Waals surface area contributed by atoms with Crippen molar-refractivity contribution in [2.24, 2.45) is 5.92 Å². The number of carbonyl (C=O) groups excluding carboxylic acids is 1. The third-order valence-electron chi connectivity index (χ3n) is 6.42. The van der Waals surface area contributed by atoms with Crippen LogP contribution in [0.4, 0.5) is 8.78 Å². The largest absolute Gasteiger partial charge is 0.341 e. The number of nitrogens with zero attached hydrogens (tertiary/aromatic N) is 2. The maximum atomic E-state index is 14.3. The molecule has 148 valence electrons. The van der Waals surface area contributed by atoms with Gasteiger partial charge in [-0.25, -0.2) is 14.2 Å². The van der Waals surface area contributed by atoms with Gasteiger partial charge in [0.15, 0.2) is 0 Å². The monoisotopic (exact) mass is 378 g/mol. The van der Waals surface area contributed by atoms with E-state index in [1.165, 1.54) is 12.1 Å². The van der Waals surface area contributed by atoms with Gasteiger partial charge in [0, 0.05) is 36.7 Å². The van der Waals surface area contributed by atoms with Crippen LogP contribution in [0.1, 0.15) is 44.2 Å². The van der Waals surface area contributed by atoms with Gasteiger partial charge in [-0.1, -0.05) is 19.4 Å². The van der Waals surface area contributed by atoms with Crippen LogP contribution in [0.15, 0.2) is 18.2 Å². The third-order valence-corrected chi connectivity index (χ3v) is 6.42. The summed E-state index contributed by atoms with van der Waals surface area (Å²) in [5.74, 6) is -0.833. The van der Waals surface area contributed by atoms with Crippen LogP contribution >= 0.6 is 0 Å². The Morgan fingerprint density at radius 2 is 2.04 bits per heavy atom. The fourth-order valence-electron chi connectivity index (χ4n) is 4.92. The normalized spacial score (nSPS) is 31.7. The molecule has 3 heterocycles. The molecule has 2 N–H and O–H groups in total. The third kappa shape index (κ3) is 3.60. The van der Waals surface area contributed by atoms with E-state index in [4.69, 9.17) is 0 Å². The number of hydrogen-bond acceptors (Lipinski definition) is 4. The maximum absolute atomic E-state index is 14.3. The highest BCUT2D eigenvalue weighted by molar-refractivity contribution is 5.82. The summed E-state index contributed by atoms with van der Waals surface area (Å²) < 4.78 is 27.6. The number of halogens is 2. The molecule has 0 spiro atoms. The minimum absolute atomic E-state index is 0.0244. The molecule has 0 aliphatic carbocycles. The molecular formula is C20H28F2N4O. The zero-order valence-corrected chi connectivity index (χ0v) is 15.8. The van der Waals surface area contributed by atoms with Gasteiger partial charge in [0.25, 0.3) is 0 Å². The summed E-state index contributed by atoms with van der Waals surface area (Å²) in [6, 6.07) is 3.63. The first-order valence-corrected chi connectivity index (χ1v) is 10.1. The molecule has 3 fully saturated rings. The van der Waals surface area contributed by atoms with Crippen molar-refractivity contribution >= 4 is 5.91 Å². The summed E-state index contributed by atoms with van der Waals surface area (Å²) >= 11 is 0. The molecule has 0 radical (unpaired) electrons. The number of amides is 1. The minimum Gasteiger partial charge on any atom is -0.341 e. The quantitative estimate of drug-likeness (QED) is 0.847. The van der Waals surface area contributed by atoms with Crippen LogP contribution in [-0.2, 0) is 4.79 Å². The van der Waals surface area contributed by atoms with E-state index < -0.39 is 11.6 Å². The highest BCUT2D eigenvalue weighted by Crippen LogP contribution is 2.35. The summed E-state index contributed by atoms with van der Waals surface area (Å²) in [6.07, 6.45) is 4.01. The van der Waals surface area contributed by atoms with Crippen molar-refractivity contribution in [2.45, 2.75) is 50.7 Å². The van der Waals surface area contributed by atoms with Gasteiger partial charge in [-0.15, -0.1) is 0 Å². The molecule has 1 amide bonds. The van der Waals surface area contributed by atoms with Crippen molar-refractivity contribution < 1.29 is 13.6 Å². The molecule has 4 rings (SSSR count). The molecule has 1 aromatic carbocycles. The van der Waals surface area contributed by atoms with E-state index in [1.54, 1.807) is 0 Å². The van der Waals surface area contributed by atoms with Crippen LogP contribution in [-0.4, -0.2) is 54.0 Å². The molecule has 3 saturated heterocycles. The lowest BCUT2D eigenvalue weighted by Gasteiger charge is -2.41. The van der Waals surface area contributed by atoms with Gasteiger partial charge in [0.05, 0.1) is 12.1 Å². The number of hydrogen-bond donors (Lipinski definition) is 2. The Bertz CT molecular complexity index is 701. The van der Waals surface area contributed by atoms with E-state index in [0.29, 0.717) is 12.1 Å². The second kappa shape index (κ2) is 7.81. The Labute approximate surface area is 159 Å². The molecule has 3 aliphatic rings. The van der Waals surface area contributed by atoms with Crippen LogP contribution in [0.2, 0.25) is 0 Å². The molecule has 7 heteroatoms. The number of hydrazine groups is 1.